The highest BCUT2D eigenvalue weighted by molar-refractivity contribution is 5.94. The summed E-state index contributed by atoms with van der Waals surface area (Å²) in [6.45, 7) is 2.49. The van der Waals surface area contributed by atoms with Crippen LogP contribution < -0.4 is 5.32 Å². The number of ether oxygens (including phenoxy) is 1. The van der Waals surface area contributed by atoms with Gasteiger partial charge in [-0.05, 0) is 25.5 Å². The normalized spacial score (nSPS) is 14.0. The van der Waals surface area contributed by atoms with Crippen LogP contribution in [0.3, 0.4) is 0 Å². The number of aromatic nitrogens is 3. The SMILES string of the molecule is CCC(C(=O)Nc1cn(-c2cccnc2)nc1C)C(OC)(C(F)(F)F)C(F)(F)F. The van der Waals surface area contributed by atoms with Crippen molar-refractivity contribution in [3.05, 3.63) is 36.4 Å². The molecule has 0 spiro atoms. The van der Waals surface area contributed by atoms with Gasteiger partial charge in [0.05, 0.1) is 35.4 Å². The maximum absolute atomic E-state index is 13.5. The number of rotatable bonds is 6. The zero-order valence-electron chi connectivity index (χ0n) is 15.6. The van der Waals surface area contributed by atoms with Gasteiger partial charge in [-0.2, -0.15) is 31.4 Å². The minimum atomic E-state index is -5.87. The van der Waals surface area contributed by atoms with E-state index in [1.54, 1.807) is 12.1 Å². The summed E-state index contributed by atoms with van der Waals surface area (Å²) in [4.78, 5) is 16.4. The van der Waals surface area contributed by atoms with E-state index in [1.807, 2.05) is 0 Å². The molecule has 2 aromatic heterocycles. The standard InChI is InChI=1S/C17H18F6N4O2/c1-4-12(15(29-3,16(18,19)20)17(21,22)23)14(28)25-13-9-27(26-10(13)2)11-6-5-7-24-8-11/h5-9,12H,4H2,1-3H3,(H,25,28). The summed E-state index contributed by atoms with van der Waals surface area (Å²) in [5, 5.41) is 6.20. The fourth-order valence-corrected chi connectivity index (χ4v) is 3.01. The summed E-state index contributed by atoms with van der Waals surface area (Å²) in [5.74, 6) is -4.06. The maximum atomic E-state index is 13.5. The molecular weight excluding hydrogens is 406 g/mol. The van der Waals surface area contributed by atoms with E-state index in [9.17, 15) is 31.1 Å². The van der Waals surface area contributed by atoms with Crippen LogP contribution in [0.5, 0.6) is 0 Å². The number of nitrogens with zero attached hydrogens (tertiary/aromatic N) is 3. The van der Waals surface area contributed by atoms with E-state index in [0.29, 0.717) is 5.69 Å². The Balaban J connectivity index is 2.41. The van der Waals surface area contributed by atoms with Crippen LogP contribution in [0.15, 0.2) is 30.7 Å². The molecule has 160 valence electrons. The monoisotopic (exact) mass is 424 g/mol. The third-order valence-electron chi connectivity index (χ3n) is 4.45. The first kappa shape index (κ1) is 22.7. The van der Waals surface area contributed by atoms with E-state index in [2.05, 4.69) is 20.1 Å². The van der Waals surface area contributed by atoms with Gasteiger partial charge in [0.25, 0.3) is 5.60 Å². The molecule has 1 atom stereocenters. The van der Waals surface area contributed by atoms with Gasteiger partial charge in [0.1, 0.15) is 0 Å². The zero-order valence-corrected chi connectivity index (χ0v) is 15.6. The number of carbonyl (C=O) groups is 1. The van der Waals surface area contributed by atoms with Gasteiger partial charge in [-0.3, -0.25) is 9.78 Å². The quantitative estimate of drug-likeness (QED) is 0.711. The third-order valence-corrected chi connectivity index (χ3v) is 4.45. The number of amides is 1. The molecular formula is C17H18F6N4O2. The molecule has 0 bridgehead atoms. The Bertz CT molecular complexity index is 834. The van der Waals surface area contributed by atoms with E-state index < -0.39 is 36.2 Å². The minimum absolute atomic E-state index is 0.0355. The van der Waals surface area contributed by atoms with Gasteiger partial charge >= 0.3 is 12.4 Å². The van der Waals surface area contributed by atoms with Gasteiger partial charge in [-0.25, -0.2) is 4.68 Å². The Morgan fingerprint density at radius 2 is 1.86 bits per heavy atom. The molecule has 0 aromatic carbocycles. The van der Waals surface area contributed by atoms with Crippen molar-refractivity contribution in [2.45, 2.75) is 38.2 Å². The van der Waals surface area contributed by atoms with Crippen LogP contribution in [0.1, 0.15) is 19.0 Å². The largest absolute Gasteiger partial charge is 0.427 e. The summed E-state index contributed by atoms with van der Waals surface area (Å²) in [6, 6.07) is 3.24. The van der Waals surface area contributed by atoms with Gasteiger partial charge in [0, 0.05) is 13.3 Å². The Kier molecular flexibility index (Phi) is 6.26. The van der Waals surface area contributed by atoms with Crippen molar-refractivity contribution >= 4 is 11.6 Å². The Morgan fingerprint density at radius 3 is 2.31 bits per heavy atom. The van der Waals surface area contributed by atoms with Crippen LogP contribution >= 0.6 is 0 Å². The number of hydrogen-bond donors (Lipinski definition) is 1. The van der Waals surface area contributed by atoms with Crippen molar-refractivity contribution in [1.82, 2.24) is 14.8 Å². The van der Waals surface area contributed by atoms with Gasteiger partial charge in [-0.1, -0.05) is 6.92 Å². The molecule has 2 heterocycles. The second kappa shape index (κ2) is 8.01. The molecule has 29 heavy (non-hydrogen) atoms. The van der Waals surface area contributed by atoms with E-state index in [1.165, 1.54) is 30.2 Å². The summed E-state index contributed by atoms with van der Waals surface area (Å²) in [7, 11) is 0.280. The number of nitrogens with one attached hydrogen (secondary N) is 1. The average molecular weight is 424 g/mol. The minimum Gasteiger partial charge on any atom is -0.361 e. The summed E-state index contributed by atoms with van der Waals surface area (Å²) in [6.07, 6.45) is -8.29. The lowest BCUT2D eigenvalue weighted by atomic mass is 9.82. The van der Waals surface area contributed by atoms with Crippen molar-refractivity contribution in [1.29, 1.82) is 0 Å². The summed E-state index contributed by atoms with van der Waals surface area (Å²) in [5.41, 5.74) is -4.00. The van der Waals surface area contributed by atoms with Crippen molar-refractivity contribution in [2.75, 3.05) is 12.4 Å². The number of aryl methyl sites for hydroxylation is 1. The number of pyridine rings is 1. The van der Waals surface area contributed by atoms with E-state index in [4.69, 9.17) is 0 Å². The van der Waals surface area contributed by atoms with E-state index in [0.717, 1.165) is 6.92 Å². The fraction of sp³-hybridized carbons (Fsp3) is 0.471. The molecule has 1 N–H and O–H groups in total. The molecule has 12 heteroatoms. The van der Waals surface area contributed by atoms with Gasteiger partial charge < -0.3 is 10.1 Å². The highest BCUT2D eigenvalue weighted by Crippen LogP contribution is 2.51. The topological polar surface area (TPSA) is 69.0 Å². The summed E-state index contributed by atoms with van der Waals surface area (Å²) < 4.78 is 86.0. The number of hydrogen-bond acceptors (Lipinski definition) is 4. The molecule has 0 aliphatic heterocycles. The number of anilines is 1. The Labute approximate surface area is 161 Å². The Hall–Kier alpha value is -2.63. The zero-order chi connectivity index (χ0) is 22.0. The van der Waals surface area contributed by atoms with Crippen molar-refractivity contribution in [3.8, 4) is 5.69 Å². The van der Waals surface area contributed by atoms with Crippen LogP contribution in [0.25, 0.3) is 5.69 Å². The molecule has 0 radical (unpaired) electrons. The van der Waals surface area contributed by atoms with E-state index in [-0.39, 0.29) is 18.5 Å². The van der Waals surface area contributed by atoms with Gasteiger partial charge in [0.2, 0.25) is 5.91 Å². The van der Waals surface area contributed by atoms with Crippen molar-refractivity contribution in [2.24, 2.45) is 5.92 Å². The average Bonchev–Trinajstić information content (AvgIpc) is 2.98. The fourth-order valence-electron chi connectivity index (χ4n) is 3.01. The van der Waals surface area contributed by atoms with Crippen LogP contribution in [-0.4, -0.2) is 45.7 Å². The predicted octanol–water partition coefficient (Wildman–Crippen LogP) is 4.05. The maximum Gasteiger partial charge on any atom is 0.427 e. The molecule has 1 unspecified atom stereocenters. The molecule has 2 aromatic rings. The first-order valence-electron chi connectivity index (χ1n) is 8.35. The van der Waals surface area contributed by atoms with E-state index >= 15 is 0 Å². The second-order valence-electron chi connectivity index (χ2n) is 6.17. The molecule has 0 aliphatic rings. The molecule has 0 saturated carbocycles. The lowest BCUT2D eigenvalue weighted by molar-refractivity contribution is -0.387. The lowest BCUT2D eigenvalue weighted by Crippen LogP contribution is -2.65. The predicted molar refractivity (Wildman–Crippen MR) is 90.4 cm³/mol. The van der Waals surface area contributed by atoms with Gasteiger partial charge in [-0.15, -0.1) is 0 Å². The molecule has 2 rings (SSSR count). The van der Waals surface area contributed by atoms with Crippen molar-refractivity contribution in [3.63, 3.8) is 0 Å². The molecule has 0 saturated heterocycles. The first-order chi connectivity index (χ1) is 13.4. The smallest absolute Gasteiger partial charge is 0.361 e. The molecule has 0 aliphatic carbocycles. The second-order valence-corrected chi connectivity index (χ2v) is 6.17. The molecule has 6 nitrogen and oxygen atoms in total. The first-order valence-corrected chi connectivity index (χ1v) is 8.35. The molecule has 0 fully saturated rings. The van der Waals surface area contributed by atoms with Crippen LogP contribution in [0.4, 0.5) is 32.0 Å². The highest BCUT2D eigenvalue weighted by Gasteiger charge is 2.76. The van der Waals surface area contributed by atoms with Crippen molar-refractivity contribution < 1.29 is 35.9 Å². The number of halogens is 6. The number of alkyl halides is 6. The molecule has 1 amide bonds. The number of carbonyl (C=O) groups excluding carboxylic acids is 1. The highest BCUT2D eigenvalue weighted by atomic mass is 19.4. The van der Waals surface area contributed by atoms with Crippen LogP contribution in [-0.2, 0) is 9.53 Å². The van der Waals surface area contributed by atoms with Crippen LogP contribution in [0.2, 0.25) is 0 Å². The lowest BCUT2D eigenvalue weighted by Gasteiger charge is -2.40. The van der Waals surface area contributed by atoms with Crippen LogP contribution in [0, 0.1) is 12.8 Å². The Morgan fingerprint density at radius 1 is 1.24 bits per heavy atom. The summed E-state index contributed by atoms with van der Waals surface area (Å²) >= 11 is 0. The third kappa shape index (κ3) is 4.07. The number of methoxy groups -OCH3 is 1. The van der Waals surface area contributed by atoms with Gasteiger partial charge in [0.15, 0.2) is 0 Å².